The van der Waals surface area contributed by atoms with E-state index in [1.807, 2.05) is 6.07 Å². The molecule has 0 atom stereocenters. The molecule has 0 spiro atoms. The van der Waals surface area contributed by atoms with Crippen molar-refractivity contribution in [3.05, 3.63) is 224 Å². The van der Waals surface area contributed by atoms with E-state index in [0.717, 1.165) is 78.0 Å². The topological polar surface area (TPSA) is 41.6 Å². The molecule has 11 aromatic carbocycles. The third-order valence-electron chi connectivity index (χ3n) is 16.8. The summed E-state index contributed by atoms with van der Waals surface area (Å²) >= 11 is 0. The normalized spacial score (nSPS) is 12.7. The third kappa shape index (κ3) is 5.78. The van der Waals surface area contributed by atoms with Gasteiger partial charge in [0, 0.05) is 76.0 Å². The van der Waals surface area contributed by atoms with E-state index >= 15 is 0 Å². The number of aromatic nitrogens is 2. The van der Waals surface area contributed by atoms with E-state index in [4.69, 9.17) is 8.83 Å². The Bertz CT molecular complexity index is 5280. The first-order valence-corrected chi connectivity index (χ1v) is 30.2. The number of furan rings is 2. The second kappa shape index (κ2) is 15.3. The van der Waals surface area contributed by atoms with Gasteiger partial charge in [0.2, 0.25) is 0 Å². The minimum atomic E-state index is -1.57. The van der Waals surface area contributed by atoms with E-state index in [0.29, 0.717) is 0 Å². The maximum absolute atomic E-state index is 6.82. The minimum absolute atomic E-state index is 0.869. The smallest absolute Gasteiger partial charge is 0.159 e. The molecule has 0 bridgehead atoms. The number of rotatable bonds is 7. The lowest BCUT2D eigenvalue weighted by Gasteiger charge is -2.27. The Morgan fingerprint density at radius 3 is 1.21 bits per heavy atom. The Hall–Kier alpha value is -9.56. The van der Waals surface area contributed by atoms with Crippen LogP contribution in [0.1, 0.15) is 5.56 Å². The van der Waals surface area contributed by atoms with Crippen molar-refractivity contribution in [2.75, 3.05) is 9.80 Å². The predicted molar refractivity (Wildman–Crippen MR) is 327 cm³/mol. The van der Waals surface area contributed by atoms with E-state index in [1.54, 1.807) is 0 Å². The number of benzene rings is 11. The van der Waals surface area contributed by atoms with Crippen LogP contribution in [0.5, 0.6) is 0 Å². The lowest BCUT2D eigenvalue weighted by Crippen LogP contribution is -2.37. The zero-order valence-electron chi connectivity index (χ0n) is 42.9. The largest absolute Gasteiger partial charge is 0.454 e. The van der Waals surface area contributed by atoms with Crippen LogP contribution in [0.3, 0.4) is 0 Å². The van der Waals surface area contributed by atoms with Crippen molar-refractivity contribution >= 4 is 167 Å². The van der Waals surface area contributed by atoms with Gasteiger partial charge in [-0.25, -0.2) is 0 Å². The molecule has 0 saturated heterocycles. The van der Waals surface area contributed by atoms with Gasteiger partial charge in [0.1, 0.15) is 11.2 Å². The van der Waals surface area contributed by atoms with E-state index in [-0.39, 0.29) is 0 Å². The number of aryl methyl sites for hydroxylation is 1. The van der Waals surface area contributed by atoms with E-state index in [2.05, 4.69) is 257 Å². The van der Waals surface area contributed by atoms with Gasteiger partial charge in [0.25, 0.3) is 0 Å². The van der Waals surface area contributed by atoms with Crippen molar-refractivity contribution in [3.63, 3.8) is 0 Å². The van der Waals surface area contributed by atoms with Gasteiger partial charge in [-0.3, -0.25) is 0 Å². The fourth-order valence-corrected chi connectivity index (χ4v) is 14.5. The van der Waals surface area contributed by atoms with Crippen molar-refractivity contribution in [1.29, 1.82) is 0 Å². The van der Waals surface area contributed by atoms with E-state index < -0.39 is 8.07 Å². The van der Waals surface area contributed by atoms with Crippen LogP contribution in [0.4, 0.5) is 34.1 Å². The molecule has 0 saturated carbocycles. The summed E-state index contributed by atoms with van der Waals surface area (Å²) in [5.41, 5.74) is 18.3. The summed E-state index contributed by atoms with van der Waals surface area (Å²) in [5.74, 6) is 0. The maximum Gasteiger partial charge on any atom is 0.159 e. The van der Waals surface area contributed by atoms with Crippen LogP contribution in [0.2, 0.25) is 19.6 Å². The number of anilines is 6. The second-order valence-electron chi connectivity index (χ2n) is 22.1. The Balaban J connectivity index is 0.912. The Morgan fingerprint density at radius 1 is 0.338 bits per heavy atom. The van der Waals surface area contributed by atoms with E-state index in [9.17, 15) is 0 Å². The fourth-order valence-electron chi connectivity index (χ4n) is 13.3. The van der Waals surface area contributed by atoms with Gasteiger partial charge in [-0.2, -0.15) is 0 Å². The van der Waals surface area contributed by atoms with Crippen molar-refractivity contribution in [2.24, 2.45) is 0 Å². The molecular weight excluding hydrogens is 957 g/mol. The number of nitrogens with zero attached hydrogens (tertiary/aromatic N) is 4. The Morgan fingerprint density at radius 2 is 0.727 bits per heavy atom. The predicted octanol–water partition coefficient (Wildman–Crippen LogP) is 19.6. The summed E-state index contributed by atoms with van der Waals surface area (Å²) in [6.45, 7) is 9.39. The number of hydrogen-bond acceptors (Lipinski definition) is 4. The summed E-state index contributed by atoms with van der Waals surface area (Å²) in [5, 5.41) is 15.7. The highest BCUT2D eigenvalue weighted by atomic mass is 28.3. The summed E-state index contributed by atoms with van der Waals surface area (Å²) < 4.78 is 18.7. The van der Waals surface area contributed by atoms with Crippen molar-refractivity contribution < 1.29 is 8.83 Å². The van der Waals surface area contributed by atoms with Crippen LogP contribution in [0, 0.1) is 6.92 Å². The molecule has 0 radical (unpaired) electrons. The molecule has 6 aromatic heterocycles. The van der Waals surface area contributed by atoms with Crippen LogP contribution >= 0.6 is 0 Å². The van der Waals surface area contributed by atoms with Crippen LogP contribution in [-0.2, 0) is 0 Å². The number of fused-ring (bicyclic) bond motifs is 18. The minimum Gasteiger partial charge on any atom is -0.454 e. The molecule has 0 aliphatic carbocycles. The van der Waals surface area contributed by atoms with Crippen LogP contribution in [0.15, 0.2) is 227 Å². The van der Waals surface area contributed by atoms with Crippen molar-refractivity contribution in [1.82, 2.24) is 8.80 Å². The molecule has 6 nitrogen and oxygen atoms in total. The second-order valence-corrected chi connectivity index (χ2v) is 27.2. The molecular formula is C70H48N4O2Si. The van der Waals surface area contributed by atoms with Gasteiger partial charge in [0.05, 0.1) is 63.9 Å². The third-order valence-corrected chi connectivity index (χ3v) is 18.8. The first-order valence-electron chi connectivity index (χ1n) is 26.7. The molecule has 0 fully saturated rings. The SMILES string of the molecule is Cc1ccc(N(c2cccc3c2oc2ccccc23)c2cccc3c2c2cccc4c5cc6c(cc5n3c42)c2cccc3c4c(N(c5ccc([Si](C)(C)C)cc5)c5cccc7c5oc5ccccc57)cccc4n6c23)cc1. The van der Waals surface area contributed by atoms with Gasteiger partial charge in [0.15, 0.2) is 11.2 Å². The van der Waals surface area contributed by atoms with Crippen molar-refractivity contribution in [3.8, 4) is 0 Å². The maximum atomic E-state index is 6.82. The van der Waals surface area contributed by atoms with Gasteiger partial charge in [-0.15, -0.1) is 0 Å². The molecule has 77 heavy (non-hydrogen) atoms. The lowest BCUT2D eigenvalue weighted by molar-refractivity contribution is 0.669. The standard InChI is InChI=1S/C70H48N4O2Si/c1-41-31-33-42(34-32-41)71(59-27-11-19-49-45-15-5-7-29-63(45)75-69(49)59)55-23-13-25-57-65(55)51-21-9-17-47-53-40-62-54(39-61(53)73(57)67(47)51)48-18-10-22-52-66-56(24-14-26-58(66)74(62)68(48)52)72(43-35-37-44(38-36-43)77(2,3)4)60-28-12-20-50-46-16-6-8-30-64(46)76-70(50)60/h5-40H,1-4H3. The highest BCUT2D eigenvalue weighted by molar-refractivity contribution is 6.88. The van der Waals surface area contributed by atoms with E-state index in [1.165, 1.54) is 86.9 Å². The van der Waals surface area contributed by atoms with Gasteiger partial charge < -0.3 is 27.4 Å². The molecule has 0 unspecified atom stereocenters. The summed E-state index contributed by atoms with van der Waals surface area (Å²) in [6, 6.07) is 80.4. The zero-order chi connectivity index (χ0) is 51.0. The summed E-state index contributed by atoms with van der Waals surface area (Å²) in [6.07, 6.45) is 0. The summed E-state index contributed by atoms with van der Waals surface area (Å²) in [7, 11) is -1.57. The highest BCUT2D eigenvalue weighted by Crippen LogP contribution is 2.52. The molecule has 17 aromatic rings. The average molecular weight is 1010 g/mol. The Labute approximate surface area is 443 Å². The van der Waals surface area contributed by atoms with Crippen LogP contribution < -0.4 is 15.0 Å². The zero-order valence-corrected chi connectivity index (χ0v) is 43.9. The van der Waals surface area contributed by atoms with Gasteiger partial charge in [-0.1, -0.05) is 164 Å². The molecule has 7 heteroatoms. The van der Waals surface area contributed by atoms with Crippen molar-refractivity contribution in [2.45, 2.75) is 26.6 Å². The molecule has 0 aliphatic heterocycles. The van der Waals surface area contributed by atoms with Gasteiger partial charge >= 0.3 is 0 Å². The Kier molecular flexibility index (Phi) is 8.49. The van der Waals surface area contributed by atoms with Crippen LogP contribution in [-0.4, -0.2) is 16.9 Å². The molecule has 0 aliphatic rings. The van der Waals surface area contributed by atoms with Crippen LogP contribution in [0.25, 0.3) is 120 Å². The molecule has 6 heterocycles. The number of para-hydroxylation sites is 6. The lowest BCUT2D eigenvalue weighted by atomic mass is 10.0. The average Bonchev–Trinajstić information content (AvgIpc) is 4.49. The molecule has 0 amide bonds. The summed E-state index contributed by atoms with van der Waals surface area (Å²) in [4.78, 5) is 4.84. The molecule has 17 rings (SSSR count). The molecule has 0 N–H and O–H groups in total. The first-order chi connectivity index (χ1) is 37.8. The number of hydrogen-bond donors (Lipinski definition) is 0. The monoisotopic (exact) mass is 1000 g/mol. The quantitative estimate of drug-likeness (QED) is 0.149. The fraction of sp³-hybridized carbons (Fsp3) is 0.0571. The van der Waals surface area contributed by atoms with Gasteiger partial charge in [-0.05, 0) is 91.9 Å². The highest BCUT2D eigenvalue weighted by Gasteiger charge is 2.29. The molecule has 364 valence electrons. The first kappa shape index (κ1) is 42.8.